The van der Waals surface area contributed by atoms with Gasteiger partial charge in [0.15, 0.2) is 0 Å². The van der Waals surface area contributed by atoms with Gasteiger partial charge in [-0.3, -0.25) is 9.69 Å². The molecular formula is C22H28N2O. The van der Waals surface area contributed by atoms with E-state index in [-0.39, 0.29) is 5.91 Å². The second kappa shape index (κ2) is 9.19. The summed E-state index contributed by atoms with van der Waals surface area (Å²) in [6.07, 6.45) is 4.20. The molecule has 1 amide bonds. The number of nitrogens with zero attached hydrogens (tertiary/aromatic N) is 1. The summed E-state index contributed by atoms with van der Waals surface area (Å²) in [4.78, 5) is 14.5. The van der Waals surface area contributed by atoms with Gasteiger partial charge in [-0.25, -0.2) is 0 Å². The first-order valence-corrected chi connectivity index (χ1v) is 8.90. The highest BCUT2D eigenvalue weighted by Crippen LogP contribution is 2.25. The molecule has 1 N–H and O–H groups in total. The third-order valence-electron chi connectivity index (χ3n) is 4.50. The molecule has 0 bridgehead atoms. The van der Waals surface area contributed by atoms with Crippen molar-refractivity contribution in [3.05, 3.63) is 64.7 Å². The van der Waals surface area contributed by atoms with E-state index in [4.69, 9.17) is 0 Å². The summed E-state index contributed by atoms with van der Waals surface area (Å²) in [5, 5.41) is 3.10. The fourth-order valence-corrected chi connectivity index (χ4v) is 2.82. The van der Waals surface area contributed by atoms with Gasteiger partial charge in [0.1, 0.15) is 0 Å². The van der Waals surface area contributed by atoms with Crippen LogP contribution in [0.2, 0.25) is 0 Å². The van der Waals surface area contributed by atoms with E-state index in [0.29, 0.717) is 6.54 Å². The molecule has 2 rings (SSSR count). The van der Waals surface area contributed by atoms with Crippen LogP contribution in [0.3, 0.4) is 0 Å². The van der Waals surface area contributed by atoms with E-state index < -0.39 is 0 Å². The van der Waals surface area contributed by atoms with Gasteiger partial charge in [0.25, 0.3) is 0 Å². The summed E-state index contributed by atoms with van der Waals surface area (Å²) < 4.78 is 0. The average molecular weight is 336 g/mol. The summed E-state index contributed by atoms with van der Waals surface area (Å²) >= 11 is 0. The van der Waals surface area contributed by atoms with Crippen molar-refractivity contribution in [1.82, 2.24) is 4.90 Å². The standard InChI is InChI=1S/C22H28N2O/c1-5-24(6-2)16-21(25)23-22-17(3)12-14-20(18(22)4)15-13-19-10-8-7-9-11-19/h7-15H,5-6,16H2,1-4H3,(H,23,25)/b15-13+. The molecule has 3 heteroatoms. The highest BCUT2D eigenvalue weighted by molar-refractivity contribution is 5.94. The molecule has 0 aliphatic heterocycles. The molecule has 0 aliphatic rings. The molecule has 0 unspecified atom stereocenters. The van der Waals surface area contributed by atoms with Gasteiger partial charge in [0, 0.05) is 5.69 Å². The number of rotatable bonds is 7. The summed E-state index contributed by atoms with van der Waals surface area (Å²) in [5.74, 6) is 0.0408. The molecule has 0 heterocycles. The molecule has 0 saturated carbocycles. The monoisotopic (exact) mass is 336 g/mol. The molecule has 0 radical (unpaired) electrons. The minimum Gasteiger partial charge on any atom is -0.324 e. The number of hydrogen-bond acceptors (Lipinski definition) is 2. The summed E-state index contributed by atoms with van der Waals surface area (Å²) in [6.45, 7) is 10.4. The molecule has 0 aliphatic carbocycles. The van der Waals surface area contributed by atoms with Crippen molar-refractivity contribution in [2.75, 3.05) is 25.0 Å². The van der Waals surface area contributed by atoms with E-state index in [1.165, 1.54) is 0 Å². The maximum Gasteiger partial charge on any atom is 0.238 e. The van der Waals surface area contributed by atoms with Crippen molar-refractivity contribution >= 4 is 23.7 Å². The van der Waals surface area contributed by atoms with Crippen molar-refractivity contribution in [3.8, 4) is 0 Å². The Bertz CT molecular complexity index is 731. The lowest BCUT2D eigenvalue weighted by atomic mass is 10.0. The minimum absolute atomic E-state index is 0.0408. The third-order valence-corrected chi connectivity index (χ3v) is 4.50. The molecule has 0 aromatic heterocycles. The first-order chi connectivity index (χ1) is 12.0. The molecule has 2 aromatic carbocycles. The zero-order valence-electron chi connectivity index (χ0n) is 15.7. The number of hydrogen-bond donors (Lipinski definition) is 1. The minimum atomic E-state index is 0.0408. The fraction of sp³-hybridized carbons (Fsp3) is 0.318. The quantitative estimate of drug-likeness (QED) is 0.740. The van der Waals surface area contributed by atoms with Crippen molar-refractivity contribution in [2.45, 2.75) is 27.7 Å². The van der Waals surface area contributed by atoms with Gasteiger partial charge in [0.05, 0.1) is 6.54 Å². The number of carbonyl (C=O) groups excluding carboxylic acids is 1. The lowest BCUT2D eigenvalue weighted by Gasteiger charge is -2.19. The van der Waals surface area contributed by atoms with Gasteiger partial charge in [-0.1, -0.05) is 68.5 Å². The molecule has 25 heavy (non-hydrogen) atoms. The van der Waals surface area contributed by atoms with Gasteiger partial charge in [-0.05, 0) is 49.2 Å². The topological polar surface area (TPSA) is 32.3 Å². The van der Waals surface area contributed by atoms with Crippen LogP contribution in [0.4, 0.5) is 5.69 Å². The van der Waals surface area contributed by atoms with Gasteiger partial charge in [-0.2, -0.15) is 0 Å². The van der Waals surface area contributed by atoms with Crippen LogP contribution in [0.25, 0.3) is 12.2 Å². The first-order valence-electron chi connectivity index (χ1n) is 8.90. The normalized spacial score (nSPS) is 11.2. The Morgan fingerprint density at radius 3 is 2.32 bits per heavy atom. The van der Waals surface area contributed by atoms with Crippen LogP contribution < -0.4 is 5.32 Å². The van der Waals surface area contributed by atoms with E-state index in [2.05, 4.69) is 67.4 Å². The van der Waals surface area contributed by atoms with Crippen LogP contribution in [-0.4, -0.2) is 30.4 Å². The second-order valence-corrected chi connectivity index (χ2v) is 6.23. The number of likely N-dealkylation sites (N-methyl/N-ethyl adjacent to an activating group) is 1. The van der Waals surface area contributed by atoms with E-state index in [1.807, 2.05) is 25.1 Å². The Balaban J connectivity index is 2.19. The van der Waals surface area contributed by atoms with E-state index in [1.54, 1.807) is 0 Å². The molecular weight excluding hydrogens is 308 g/mol. The highest BCUT2D eigenvalue weighted by Gasteiger charge is 2.12. The molecule has 132 valence electrons. The van der Waals surface area contributed by atoms with Crippen LogP contribution in [0.15, 0.2) is 42.5 Å². The predicted molar refractivity (Wildman–Crippen MR) is 108 cm³/mol. The zero-order valence-corrected chi connectivity index (χ0v) is 15.7. The number of anilines is 1. The van der Waals surface area contributed by atoms with E-state index >= 15 is 0 Å². The first kappa shape index (κ1) is 18.9. The van der Waals surface area contributed by atoms with Crippen LogP contribution in [0.5, 0.6) is 0 Å². The van der Waals surface area contributed by atoms with Crippen LogP contribution >= 0.6 is 0 Å². The van der Waals surface area contributed by atoms with Crippen molar-refractivity contribution < 1.29 is 4.79 Å². The number of carbonyl (C=O) groups is 1. The Morgan fingerprint density at radius 2 is 1.68 bits per heavy atom. The lowest BCUT2D eigenvalue weighted by molar-refractivity contribution is -0.117. The number of aryl methyl sites for hydroxylation is 1. The Morgan fingerprint density at radius 1 is 1.00 bits per heavy atom. The van der Waals surface area contributed by atoms with Crippen molar-refractivity contribution in [1.29, 1.82) is 0 Å². The van der Waals surface area contributed by atoms with Gasteiger partial charge in [0.2, 0.25) is 5.91 Å². The molecule has 0 spiro atoms. The smallest absolute Gasteiger partial charge is 0.238 e. The Kier molecular flexibility index (Phi) is 6.96. The fourth-order valence-electron chi connectivity index (χ4n) is 2.82. The molecule has 0 saturated heterocycles. The van der Waals surface area contributed by atoms with Crippen LogP contribution in [0.1, 0.15) is 36.1 Å². The number of amides is 1. The van der Waals surface area contributed by atoms with E-state index in [9.17, 15) is 4.79 Å². The Labute approximate surface area is 151 Å². The highest BCUT2D eigenvalue weighted by atomic mass is 16.2. The SMILES string of the molecule is CCN(CC)CC(=O)Nc1c(C)ccc(/C=C/c2ccccc2)c1C. The van der Waals surface area contributed by atoms with E-state index in [0.717, 1.165) is 41.0 Å². The maximum absolute atomic E-state index is 12.4. The summed E-state index contributed by atoms with van der Waals surface area (Å²) in [5.41, 5.74) is 5.39. The zero-order chi connectivity index (χ0) is 18.2. The van der Waals surface area contributed by atoms with Gasteiger partial charge in [-0.15, -0.1) is 0 Å². The average Bonchev–Trinajstić information content (AvgIpc) is 2.63. The number of nitrogens with one attached hydrogen (secondary N) is 1. The van der Waals surface area contributed by atoms with Gasteiger partial charge < -0.3 is 5.32 Å². The van der Waals surface area contributed by atoms with Crippen LogP contribution in [-0.2, 0) is 4.79 Å². The largest absolute Gasteiger partial charge is 0.324 e. The summed E-state index contributed by atoms with van der Waals surface area (Å²) in [6, 6.07) is 14.4. The van der Waals surface area contributed by atoms with Crippen LogP contribution in [0, 0.1) is 13.8 Å². The Hall–Kier alpha value is -2.39. The molecule has 0 atom stereocenters. The van der Waals surface area contributed by atoms with Crippen molar-refractivity contribution in [2.24, 2.45) is 0 Å². The second-order valence-electron chi connectivity index (χ2n) is 6.23. The third kappa shape index (κ3) is 5.30. The molecule has 0 fully saturated rings. The lowest BCUT2D eigenvalue weighted by Crippen LogP contribution is -2.33. The molecule has 2 aromatic rings. The summed E-state index contributed by atoms with van der Waals surface area (Å²) in [7, 11) is 0. The maximum atomic E-state index is 12.4. The number of benzene rings is 2. The van der Waals surface area contributed by atoms with Gasteiger partial charge >= 0.3 is 0 Å². The predicted octanol–water partition coefficient (Wildman–Crippen LogP) is 4.75. The van der Waals surface area contributed by atoms with Crippen molar-refractivity contribution in [3.63, 3.8) is 0 Å². The molecule has 3 nitrogen and oxygen atoms in total.